The Morgan fingerprint density at radius 2 is 2.40 bits per heavy atom. The first-order chi connectivity index (χ1) is 7.22. The SMILES string of the molecule is COC(C)CNC(=S)NCc1cccs1. The van der Waals surface area contributed by atoms with Gasteiger partial charge in [0.1, 0.15) is 0 Å². The van der Waals surface area contributed by atoms with Gasteiger partial charge in [0.25, 0.3) is 0 Å². The second-order valence-corrected chi connectivity index (χ2v) is 4.63. The number of thiocarbonyl (C=S) groups is 1. The molecule has 0 aliphatic carbocycles. The maximum absolute atomic E-state index is 5.12. The lowest BCUT2D eigenvalue weighted by molar-refractivity contribution is 0.121. The number of ether oxygens (including phenoxy) is 1. The molecule has 15 heavy (non-hydrogen) atoms. The summed E-state index contributed by atoms with van der Waals surface area (Å²) in [7, 11) is 1.69. The summed E-state index contributed by atoms with van der Waals surface area (Å²) in [5.74, 6) is 0. The Bertz CT molecular complexity index is 288. The number of hydrogen-bond donors (Lipinski definition) is 2. The summed E-state index contributed by atoms with van der Waals surface area (Å²) >= 11 is 6.84. The van der Waals surface area contributed by atoms with E-state index >= 15 is 0 Å². The van der Waals surface area contributed by atoms with E-state index in [2.05, 4.69) is 22.1 Å². The molecule has 1 unspecified atom stereocenters. The standard InChI is InChI=1S/C10H16N2OS2/c1-8(13-2)6-11-10(14)12-7-9-4-3-5-15-9/h3-5,8H,6-7H2,1-2H3,(H2,11,12,14). The molecule has 1 rings (SSSR count). The lowest BCUT2D eigenvalue weighted by Gasteiger charge is -2.13. The van der Waals surface area contributed by atoms with Gasteiger partial charge in [0.2, 0.25) is 0 Å². The van der Waals surface area contributed by atoms with Crippen LogP contribution in [-0.2, 0) is 11.3 Å². The summed E-state index contributed by atoms with van der Waals surface area (Å²) in [5.41, 5.74) is 0. The molecule has 0 radical (unpaired) electrons. The molecule has 0 aliphatic rings. The van der Waals surface area contributed by atoms with E-state index in [1.54, 1.807) is 18.4 Å². The van der Waals surface area contributed by atoms with Crippen LogP contribution in [0, 0.1) is 0 Å². The average Bonchev–Trinajstić information content (AvgIpc) is 2.75. The predicted octanol–water partition coefficient (Wildman–Crippen LogP) is 1.75. The zero-order valence-corrected chi connectivity index (χ0v) is 10.6. The van der Waals surface area contributed by atoms with Crippen molar-refractivity contribution in [1.82, 2.24) is 10.6 Å². The molecule has 0 aromatic carbocycles. The average molecular weight is 244 g/mol. The molecular weight excluding hydrogens is 228 g/mol. The van der Waals surface area contributed by atoms with Crippen molar-refractivity contribution in [2.75, 3.05) is 13.7 Å². The summed E-state index contributed by atoms with van der Waals surface area (Å²) in [6.07, 6.45) is 0.173. The van der Waals surface area contributed by atoms with E-state index in [0.717, 1.165) is 13.1 Å². The molecule has 3 nitrogen and oxygen atoms in total. The molecule has 1 aromatic heterocycles. The van der Waals surface area contributed by atoms with Gasteiger partial charge in [-0.25, -0.2) is 0 Å². The number of hydrogen-bond acceptors (Lipinski definition) is 3. The predicted molar refractivity (Wildman–Crippen MR) is 68.2 cm³/mol. The third kappa shape index (κ3) is 5.11. The van der Waals surface area contributed by atoms with Crippen molar-refractivity contribution in [3.8, 4) is 0 Å². The Labute approximate surface area is 99.8 Å². The fourth-order valence-electron chi connectivity index (χ4n) is 0.963. The van der Waals surface area contributed by atoms with Crippen molar-refractivity contribution in [3.63, 3.8) is 0 Å². The van der Waals surface area contributed by atoms with Gasteiger partial charge in [-0.15, -0.1) is 11.3 Å². The van der Waals surface area contributed by atoms with Gasteiger partial charge in [-0.1, -0.05) is 6.07 Å². The molecule has 1 aromatic rings. The van der Waals surface area contributed by atoms with Crippen LogP contribution in [0.4, 0.5) is 0 Å². The van der Waals surface area contributed by atoms with Crippen LogP contribution in [0.25, 0.3) is 0 Å². The van der Waals surface area contributed by atoms with Crippen LogP contribution in [0.3, 0.4) is 0 Å². The molecule has 1 heterocycles. The molecule has 1 atom stereocenters. The molecule has 0 fully saturated rings. The molecular formula is C10H16N2OS2. The van der Waals surface area contributed by atoms with Gasteiger partial charge in [-0.3, -0.25) is 0 Å². The first-order valence-electron chi connectivity index (χ1n) is 4.79. The molecule has 5 heteroatoms. The normalized spacial score (nSPS) is 12.1. The van der Waals surface area contributed by atoms with Crippen LogP contribution in [0.5, 0.6) is 0 Å². The first-order valence-corrected chi connectivity index (χ1v) is 6.08. The van der Waals surface area contributed by atoms with Crippen LogP contribution in [-0.4, -0.2) is 24.9 Å². The number of nitrogens with one attached hydrogen (secondary N) is 2. The minimum Gasteiger partial charge on any atom is -0.380 e. The summed E-state index contributed by atoms with van der Waals surface area (Å²) < 4.78 is 5.10. The molecule has 0 amide bonds. The van der Waals surface area contributed by atoms with Gasteiger partial charge < -0.3 is 15.4 Å². The van der Waals surface area contributed by atoms with Crippen LogP contribution < -0.4 is 10.6 Å². The van der Waals surface area contributed by atoms with Gasteiger partial charge in [-0.05, 0) is 30.6 Å². The fraction of sp³-hybridized carbons (Fsp3) is 0.500. The maximum atomic E-state index is 5.12. The third-order valence-corrected chi connectivity index (χ3v) is 3.12. The minimum atomic E-state index is 0.173. The lowest BCUT2D eigenvalue weighted by Crippen LogP contribution is -2.38. The molecule has 0 spiro atoms. The molecule has 0 aliphatic heterocycles. The number of rotatable bonds is 5. The van der Waals surface area contributed by atoms with Crippen molar-refractivity contribution < 1.29 is 4.74 Å². The summed E-state index contributed by atoms with van der Waals surface area (Å²) in [6.45, 7) is 3.51. The quantitative estimate of drug-likeness (QED) is 0.773. The van der Waals surface area contributed by atoms with Crippen LogP contribution >= 0.6 is 23.6 Å². The van der Waals surface area contributed by atoms with Crippen LogP contribution in [0.15, 0.2) is 17.5 Å². The van der Waals surface area contributed by atoms with Gasteiger partial charge in [0.05, 0.1) is 12.6 Å². The molecule has 0 saturated carbocycles. The van der Waals surface area contributed by atoms with Crippen molar-refractivity contribution in [1.29, 1.82) is 0 Å². The summed E-state index contributed by atoms with van der Waals surface area (Å²) in [5, 5.41) is 8.96. The van der Waals surface area contributed by atoms with Crippen molar-refractivity contribution >= 4 is 28.7 Å². The zero-order valence-electron chi connectivity index (χ0n) is 8.95. The van der Waals surface area contributed by atoms with Crippen molar-refractivity contribution in [2.45, 2.75) is 19.6 Å². The van der Waals surface area contributed by atoms with Crippen LogP contribution in [0.2, 0.25) is 0 Å². The highest BCUT2D eigenvalue weighted by molar-refractivity contribution is 7.80. The number of methoxy groups -OCH3 is 1. The smallest absolute Gasteiger partial charge is 0.166 e. The van der Waals surface area contributed by atoms with E-state index in [1.165, 1.54) is 4.88 Å². The first kappa shape index (κ1) is 12.4. The van der Waals surface area contributed by atoms with Crippen LogP contribution in [0.1, 0.15) is 11.8 Å². The topological polar surface area (TPSA) is 33.3 Å². The van der Waals surface area contributed by atoms with E-state index in [0.29, 0.717) is 5.11 Å². The molecule has 2 N–H and O–H groups in total. The second kappa shape index (κ2) is 6.76. The fourth-order valence-corrected chi connectivity index (χ4v) is 1.76. The number of thiophene rings is 1. The van der Waals surface area contributed by atoms with E-state index in [9.17, 15) is 0 Å². The molecule has 0 saturated heterocycles. The van der Waals surface area contributed by atoms with Crippen molar-refractivity contribution in [2.24, 2.45) is 0 Å². The van der Waals surface area contributed by atoms with Gasteiger partial charge in [0, 0.05) is 18.5 Å². The summed E-state index contributed by atoms with van der Waals surface area (Å²) in [4.78, 5) is 1.28. The molecule has 0 bridgehead atoms. The highest BCUT2D eigenvalue weighted by Gasteiger charge is 2.00. The van der Waals surface area contributed by atoms with Gasteiger partial charge in [0.15, 0.2) is 5.11 Å². The Morgan fingerprint density at radius 1 is 1.60 bits per heavy atom. The maximum Gasteiger partial charge on any atom is 0.166 e. The van der Waals surface area contributed by atoms with Gasteiger partial charge in [-0.2, -0.15) is 0 Å². The van der Waals surface area contributed by atoms with Gasteiger partial charge >= 0.3 is 0 Å². The highest BCUT2D eigenvalue weighted by Crippen LogP contribution is 2.06. The Kier molecular flexibility index (Phi) is 5.60. The Balaban J connectivity index is 2.14. The van der Waals surface area contributed by atoms with E-state index < -0.39 is 0 Å². The molecule has 84 valence electrons. The third-order valence-electron chi connectivity index (χ3n) is 1.96. The highest BCUT2D eigenvalue weighted by atomic mass is 32.1. The van der Waals surface area contributed by atoms with E-state index in [-0.39, 0.29) is 6.10 Å². The Hall–Kier alpha value is -0.650. The van der Waals surface area contributed by atoms with Crippen molar-refractivity contribution in [3.05, 3.63) is 22.4 Å². The monoisotopic (exact) mass is 244 g/mol. The lowest BCUT2D eigenvalue weighted by atomic mass is 10.4. The summed E-state index contributed by atoms with van der Waals surface area (Å²) in [6, 6.07) is 4.11. The second-order valence-electron chi connectivity index (χ2n) is 3.19. The van der Waals surface area contributed by atoms with E-state index in [1.807, 2.05) is 13.0 Å². The Morgan fingerprint density at radius 3 is 3.00 bits per heavy atom. The van der Waals surface area contributed by atoms with E-state index in [4.69, 9.17) is 17.0 Å². The zero-order chi connectivity index (χ0) is 11.1. The largest absolute Gasteiger partial charge is 0.380 e. The minimum absolute atomic E-state index is 0.173.